The Hall–Kier alpha value is -3.27. The van der Waals surface area contributed by atoms with Gasteiger partial charge in [0.2, 0.25) is 0 Å². The molecule has 9 heteroatoms. The molecule has 2 unspecified atom stereocenters. The Kier molecular flexibility index (Phi) is 60.2. The van der Waals surface area contributed by atoms with Crippen LogP contribution in [0.15, 0.2) is 72.9 Å². The molecule has 0 aromatic carbocycles. The maximum Gasteiger partial charge on any atom is 0.306 e. The van der Waals surface area contributed by atoms with Gasteiger partial charge in [-0.2, -0.15) is 0 Å². The Morgan fingerprint density at radius 1 is 0.383 bits per heavy atom. The van der Waals surface area contributed by atoms with Crippen molar-refractivity contribution in [2.75, 3.05) is 47.5 Å². The first-order valence-corrected chi connectivity index (χ1v) is 34.1. The first-order chi connectivity index (χ1) is 39.6. The Bertz CT molecular complexity index is 1560. The van der Waals surface area contributed by atoms with Crippen molar-refractivity contribution in [2.24, 2.45) is 0 Å². The summed E-state index contributed by atoms with van der Waals surface area (Å²) in [6.45, 7) is 4.67. The highest BCUT2D eigenvalue weighted by Crippen LogP contribution is 2.18. The number of ether oxygens (including phenoxy) is 4. The van der Waals surface area contributed by atoms with Crippen LogP contribution in [0.4, 0.5) is 0 Å². The Morgan fingerprint density at radius 3 is 1.06 bits per heavy atom. The fourth-order valence-electron chi connectivity index (χ4n) is 9.74. The minimum Gasteiger partial charge on any atom is -0.545 e. The van der Waals surface area contributed by atoms with E-state index in [1.54, 1.807) is 0 Å². The van der Waals surface area contributed by atoms with Crippen LogP contribution < -0.4 is 5.11 Å². The highest BCUT2D eigenvalue weighted by molar-refractivity contribution is 5.70. The summed E-state index contributed by atoms with van der Waals surface area (Å²) >= 11 is 0. The molecule has 0 rings (SSSR count). The highest BCUT2D eigenvalue weighted by Gasteiger charge is 2.22. The molecule has 0 spiro atoms. The molecule has 0 amide bonds. The second kappa shape index (κ2) is 62.8. The van der Waals surface area contributed by atoms with Crippen molar-refractivity contribution in [3.63, 3.8) is 0 Å². The van der Waals surface area contributed by atoms with Gasteiger partial charge in [-0.3, -0.25) is 9.59 Å². The van der Waals surface area contributed by atoms with Crippen LogP contribution in [0.1, 0.15) is 309 Å². The molecule has 0 fully saturated rings. The number of likely N-dealkylation sites (N-methyl/N-ethyl adjacent to an activating group) is 1. The van der Waals surface area contributed by atoms with E-state index in [9.17, 15) is 19.5 Å². The number of allylic oxidation sites excluding steroid dienone is 12. The first kappa shape index (κ1) is 77.7. The van der Waals surface area contributed by atoms with Gasteiger partial charge in [0.05, 0.1) is 40.3 Å². The average Bonchev–Trinajstić information content (AvgIpc) is 3.44. The fraction of sp³-hybridized carbons (Fsp3) is 0.792. The molecule has 470 valence electrons. The number of nitrogens with zero attached hydrogens (tertiary/aromatic N) is 1. The van der Waals surface area contributed by atoms with Gasteiger partial charge in [0.1, 0.15) is 13.2 Å². The number of hydrogen-bond donors (Lipinski definition) is 0. The van der Waals surface area contributed by atoms with E-state index in [1.807, 2.05) is 21.1 Å². The minimum absolute atomic E-state index is 0.147. The number of carbonyl (C=O) groups excluding carboxylic acids is 3. The van der Waals surface area contributed by atoms with Crippen LogP contribution in [-0.4, -0.2) is 82.3 Å². The Balaban J connectivity index is 4.10. The number of quaternary nitrogens is 1. The van der Waals surface area contributed by atoms with Crippen molar-refractivity contribution in [2.45, 2.75) is 322 Å². The molecule has 0 saturated carbocycles. The molecule has 0 aliphatic heterocycles. The Morgan fingerprint density at radius 2 is 0.704 bits per heavy atom. The molecule has 0 aromatic heterocycles. The predicted molar refractivity (Wildman–Crippen MR) is 343 cm³/mol. The van der Waals surface area contributed by atoms with Crippen LogP contribution in [-0.2, 0) is 33.3 Å². The summed E-state index contributed by atoms with van der Waals surface area (Å²) in [6.07, 6.45) is 79.8. The van der Waals surface area contributed by atoms with Gasteiger partial charge >= 0.3 is 11.9 Å². The van der Waals surface area contributed by atoms with E-state index in [1.165, 1.54) is 212 Å². The van der Waals surface area contributed by atoms with Crippen molar-refractivity contribution in [1.29, 1.82) is 0 Å². The zero-order valence-electron chi connectivity index (χ0n) is 53.7. The van der Waals surface area contributed by atoms with Crippen LogP contribution in [0.5, 0.6) is 0 Å². The largest absolute Gasteiger partial charge is 0.545 e. The first-order valence-electron chi connectivity index (χ1n) is 34.1. The summed E-state index contributed by atoms with van der Waals surface area (Å²) in [7, 11) is 5.93. The molecule has 9 nitrogen and oxygen atoms in total. The number of esters is 2. The van der Waals surface area contributed by atoms with Gasteiger partial charge in [0, 0.05) is 12.8 Å². The lowest BCUT2D eigenvalue weighted by atomic mass is 10.0. The van der Waals surface area contributed by atoms with Crippen LogP contribution in [0.25, 0.3) is 0 Å². The van der Waals surface area contributed by atoms with Crippen LogP contribution in [0, 0.1) is 0 Å². The summed E-state index contributed by atoms with van der Waals surface area (Å²) in [6, 6.07) is 0. The van der Waals surface area contributed by atoms with Crippen molar-refractivity contribution in [3.8, 4) is 0 Å². The molecular formula is C72H129NO8. The number of carboxylic acids is 1. The summed E-state index contributed by atoms with van der Waals surface area (Å²) in [5.74, 6) is -2.27. The molecule has 0 saturated heterocycles. The zero-order valence-corrected chi connectivity index (χ0v) is 53.7. The van der Waals surface area contributed by atoms with E-state index < -0.39 is 24.3 Å². The van der Waals surface area contributed by atoms with Gasteiger partial charge in [-0.05, 0) is 83.5 Å². The quantitative estimate of drug-likeness (QED) is 0.0195. The van der Waals surface area contributed by atoms with Gasteiger partial charge < -0.3 is 33.3 Å². The maximum atomic E-state index is 12.9. The molecule has 0 bridgehead atoms. The van der Waals surface area contributed by atoms with Gasteiger partial charge in [-0.1, -0.05) is 286 Å². The van der Waals surface area contributed by atoms with E-state index in [-0.39, 0.29) is 32.2 Å². The van der Waals surface area contributed by atoms with Crippen molar-refractivity contribution in [1.82, 2.24) is 0 Å². The number of aliphatic carboxylic acids is 1. The van der Waals surface area contributed by atoms with Crippen LogP contribution in [0.3, 0.4) is 0 Å². The number of hydrogen-bond acceptors (Lipinski definition) is 8. The molecule has 0 aromatic rings. The molecule has 2 atom stereocenters. The van der Waals surface area contributed by atoms with E-state index in [0.717, 1.165) is 64.2 Å². The van der Waals surface area contributed by atoms with Gasteiger partial charge in [-0.15, -0.1) is 0 Å². The molecule has 0 radical (unpaired) electrons. The van der Waals surface area contributed by atoms with Crippen molar-refractivity contribution in [3.05, 3.63) is 72.9 Å². The fourth-order valence-corrected chi connectivity index (χ4v) is 9.74. The average molecular weight is 1140 g/mol. The van der Waals surface area contributed by atoms with E-state index in [0.29, 0.717) is 23.9 Å². The predicted octanol–water partition coefficient (Wildman–Crippen LogP) is 19.6. The molecule has 0 aliphatic rings. The van der Waals surface area contributed by atoms with Gasteiger partial charge in [-0.25, -0.2) is 0 Å². The van der Waals surface area contributed by atoms with Gasteiger partial charge in [0.25, 0.3) is 0 Å². The number of carboxylic acid groups (broad SMARTS) is 1. The lowest BCUT2D eigenvalue weighted by Crippen LogP contribution is -2.44. The maximum absolute atomic E-state index is 12.9. The lowest BCUT2D eigenvalue weighted by molar-refractivity contribution is -0.870. The smallest absolute Gasteiger partial charge is 0.306 e. The molecule has 0 N–H and O–H groups in total. The Labute approximate surface area is 500 Å². The standard InChI is InChI=1S/C72H129NO8/c1-6-8-10-12-14-16-18-20-22-24-26-28-30-31-32-33-34-35-36-37-38-39-41-43-45-47-49-51-53-55-57-59-61-63-70(75)81-68(67-80-72(71(76)77)78-65-64-73(3,4)5)66-79-69(74)62-60-58-56-54-52-50-48-46-44-42-40-29-27-25-23-21-19-17-15-13-11-9-7-2/h8,10,14,16,20,22,25-28,31-32,68,72H,6-7,9,11-13,15,17-19,21,23-24,29-30,33-67H2,1-5H3/b10-8-,16-14-,22-20-,27-25-,28-26-,32-31-. The van der Waals surface area contributed by atoms with E-state index >= 15 is 0 Å². The monoisotopic (exact) mass is 1140 g/mol. The van der Waals surface area contributed by atoms with Gasteiger partial charge in [0.15, 0.2) is 12.4 Å². The minimum atomic E-state index is -1.62. The normalized spacial score (nSPS) is 13.1. The molecule has 0 aliphatic carbocycles. The topological polar surface area (TPSA) is 111 Å². The van der Waals surface area contributed by atoms with Crippen LogP contribution in [0.2, 0.25) is 0 Å². The SMILES string of the molecule is CC/C=C\C/C=C\C/C=C\C/C=C\C/C=C\CCCCCCCCCCCCCCCCCCCC(=O)OC(COC(=O)CCCCCCCCCCCCC/C=C\CCCCCCCCCC)COC(OCC[N+](C)(C)C)C(=O)[O-]. The number of unbranched alkanes of at least 4 members (excludes halogenated alkanes) is 36. The van der Waals surface area contributed by atoms with Crippen molar-refractivity contribution >= 4 is 17.9 Å². The number of carbonyl (C=O) groups is 3. The third-order valence-electron chi connectivity index (χ3n) is 14.9. The third-order valence-corrected chi connectivity index (χ3v) is 14.9. The molecule has 81 heavy (non-hydrogen) atoms. The van der Waals surface area contributed by atoms with Crippen molar-refractivity contribution < 1.29 is 42.9 Å². The molecular weight excluding hydrogens is 1010 g/mol. The summed E-state index contributed by atoms with van der Waals surface area (Å²) in [4.78, 5) is 37.5. The zero-order chi connectivity index (χ0) is 59.1. The third kappa shape index (κ3) is 64.1. The van der Waals surface area contributed by atoms with E-state index in [4.69, 9.17) is 18.9 Å². The summed E-state index contributed by atoms with van der Waals surface area (Å²) in [5.41, 5.74) is 0. The lowest BCUT2D eigenvalue weighted by Gasteiger charge is -2.26. The molecule has 0 heterocycles. The van der Waals surface area contributed by atoms with E-state index in [2.05, 4.69) is 86.8 Å². The second-order valence-electron chi connectivity index (χ2n) is 24.1. The van der Waals surface area contributed by atoms with Crippen LogP contribution >= 0.6 is 0 Å². The number of rotatable bonds is 63. The summed E-state index contributed by atoms with van der Waals surface area (Å²) < 4.78 is 22.8. The summed E-state index contributed by atoms with van der Waals surface area (Å²) in [5, 5.41) is 11.8. The highest BCUT2D eigenvalue weighted by atomic mass is 16.7. The second-order valence-corrected chi connectivity index (χ2v) is 24.1.